The van der Waals surface area contributed by atoms with E-state index in [1.54, 1.807) is 38.4 Å². The molecule has 0 aliphatic rings. The van der Waals surface area contributed by atoms with E-state index in [4.69, 9.17) is 16.3 Å². The number of fused-ring (bicyclic) bond motifs is 1. The molecule has 2 aromatic carbocycles. The van der Waals surface area contributed by atoms with Crippen LogP contribution in [0.5, 0.6) is 11.8 Å². The van der Waals surface area contributed by atoms with E-state index in [1.165, 1.54) is 11.8 Å². The van der Waals surface area contributed by atoms with E-state index in [2.05, 4.69) is 20.3 Å². The standard InChI is InChI=1S/C26H26ClN5O3/c1-15(33)31-26(2,3)18-9-11-19(12-10-18)35-25-28-21-14-20(27)22(29-23(21)30-25)16-7-6-8-17(13-16)24(34)32(4)5/h6-14H,1-5H3,(H,31,33)(H,28,29,30). The van der Waals surface area contributed by atoms with Crippen molar-refractivity contribution in [2.24, 2.45) is 0 Å². The zero-order valence-electron chi connectivity index (χ0n) is 20.1. The molecule has 0 spiro atoms. The van der Waals surface area contributed by atoms with Crippen LogP contribution in [-0.2, 0) is 10.3 Å². The summed E-state index contributed by atoms with van der Waals surface area (Å²) in [5.74, 6) is 0.373. The summed E-state index contributed by atoms with van der Waals surface area (Å²) >= 11 is 6.52. The topological polar surface area (TPSA) is 100 Å². The lowest BCUT2D eigenvalue weighted by Gasteiger charge is -2.26. The average molecular weight is 492 g/mol. The summed E-state index contributed by atoms with van der Waals surface area (Å²) in [5.41, 5.74) is 3.28. The molecule has 180 valence electrons. The van der Waals surface area contributed by atoms with Crippen LogP contribution in [0.4, 0.5) is 0 Å². The highest BCUT2D eigenvalue weighted by Gasteiger charge is 2.21. The molecule has 0 radical (unpaired) electrons. The van der Waals surface area contributed by atoms with Gasteiger partial charge in [0.05, 0.1) is 21.8 Å². The van der Waals surface area contributed by atoms with E-state index < -0.39 is 5.54 Å². The molecule has 0 unspecified atom stereocenters. The Morgan fingerprint density at radius 2 is 1.77 bits per heavy atom. The van der Waals surface area contributed by atoms with Gasteiger partial charge in [-0.05, 0) is 49.7 Å². The molecule has 0 fully saturated rings. The Bertz CT molecular complexity index is 1410. The number of H-pyrrole nitrogens is 1. The molecule has 4 aromatic rings. The van der Waals surface area contributed by atoms with Crippen LogP contribution in [-0.4, -0.2) is 45.8 Å². The van der Waals surface area contributed by atoms with Crippen molar-refractivity contribution in [1.29, 1.82) is 0 Å². The summed E-state index contributed by atoms with van der Waals surface area (Å²) in [7, 11) is 3.41. The number of aromatic nitrogens is 3. The number of carbonyl (C=O) groups is 2. The fraction of sp³-hybridized carbons (Fsp3) is 0.231. The van der Waals surface area contributed by atoms with E-state index in [0.717, 1.165) is 5.56 Å². The van der Waals surface area contributed by atoms with E-state index in [9.17, 15) is 9.59 Å². The minimum atomic E-state index is -0.505. The van der Waals surface area contributed by atoms with Crippen LogP contribution in [0.3, 0.4) is 0 Å². The van der Waals surface area contributed by atoms with Gasteiger partial charge in [0.15, 0.2) is 5.65 Å². The lowest BCUT2D eigenvalue weighted by molar-refractivity contribution is -0.120. The normalized spacial score (nSPS) is 11.4. The van der Waals surface area contributed by atoms with Gasteiger partial charge in [-0.15, -0.1) is 0 Å². The lowest BCUT2D eigenvalue weighted by atomic mass is 9.94. The first-order valence-corrected chi connectivity index (χ1v) is 11.4. The molecule has 0 aliphatic heterocycles. The highest BCUT2D eigenvalue weighted by atomic mass is 35.5. The number of aromatic amines is 1. The summed E-state index contributed by atoms with van der Waals surface area (Å²) in [6, 6.07) is 16.6. The number of benzene rings is 2. The largest absolute Gasteiger partial charge is 0.426 e. The molecule has 9 heteroatoms. The lowest BCUT2D eigenvalue weighted by Crippen LogP contribution is -2.39. The van der Waals surface area contributed by atoms with Gasteiger partial charge in [-0.2, -0.15) is 4.98 Å². The molecule has 8 nitrogen and oxygen atoms in total. The van der Waals surface area contributed by atoms with Crippen molar-refractivity contribution in [1.82, 2.24) is 25.2 Å². The number of nitrogens with zero attached hydrogens (tertiary/aromatic N) is 3. The van der Waals surface area contributed by atoms with Crippen molar-refractivity contribution in [3.05, 3.63) is 70.7 Å². The summed E-state index contributed by atoms with van der Waals surface area (Å²) < 4.78 is 5.89. The molecule has 2 N–H and O–H groups in total. The van der Waals surface area contributed by atoms with Gasteiger partial charge in [0.2, 0.25) is 5.91 Å². The molecule has 2 heterocycles. The van der Waals surface area contributed by atoms with Crippen LogP contribution in [0.1, 0.15) is 36.7 Å². The van der Waals surface area contributed by atoms with Gasteiger partial charge < -0.3 is 19.9 Å². The summed E-state index contributed by atoms with van der Waals surface area (Å²) in [6.07, 6.45) is 0. The first-order valence-electron chi connectivity index (χ1n) is 11.0. The van der Waals surface area contributed by atoms with Gasteiger partial charge in [-0.25, -0.2) is 4.98 Å². The van der Waals surface area contributed by atoms with Crippen molar-refractivity contribution >= 4 is 34.6 Å². The van der Waals surface area contributed by atoms with Crippen molar-refractivity contribution in [2.45, 2.75) is 26.3 Å². The van der Waals surface area contributed by atoms with Gasteiger partial charge in [0.25, 0.3) is 5.91 Å². The number of hydrogen-bond acceptors (Lipinski definition) is 5. The Kier molecular flexibility index (Phi) is 6.49. The highest BCUT2D eigenvalue weighted by Crippen LogP contribution is 2.31. The predicted molar refractivity (Wildman–Crippen MR) is 136 cm³/mol. The third kappa shape index (κ3) is 5.27. The monoisotopic (exact) mass is 491 g/mol. The number of carbonyl (C=O) groups excluding carboxylic acids is 2. The van der Waals surface area contributed by atoms with Crippen LogP contribution in [0.2, 0.25) is 5.02 Å². The zero-order chi connectivity index (χ0) is 25.3. The molecular weight excluding hydrogens is 466 g/mol. The quantitative estimate of drug-likeness (QED) is 0.389. The van der Waals surface area contributed by atoms with Gasteiger partial charge in [0, 0.05) is 32.1 Å². The molecule has 2 amide bonds. The molecule has 0 saturated heterocycles. The number of hydrogen-bond donors (Lipinski definition) is 2. The number of imidazole rings is 1. The molecule has 0 atom stereocenters. The Labute approximate surface area is 208 Å². The fourth-order valence-electron chi connectivity index (χ4n) is 3.77. The maximum Gasteiger partial charge on any atom is 0.301 e. The summed E-state index contributed by atoms with van der Waals surface area (Å²) in [6.45, 7) is 5.36. The van der Waals surface area contributed by atoms with E-state index in [-0.39, 0.29) is 17.8 Å². The number of nitrogens with one attached hydrogen (secondary N) is 2. The van der Waals surface area contributed by atoms with Crippen LogP contribution in [0, 0.1) is 0 Å². The fourth-order valence-corrected chi connectivity index (χ4v) is 4.03. The van der Waals surface area contributed by atoms with Crippen molar-refractivity contribution in [3.63, 3.8) is 0 Å². The predicted octanol–water partition coefficient (Wildman–Crippen LogP) is 5.14. The second-order valence-electron chi connectivity index (χ2n) is 8.94. The zero-order valence-corrected chi connectivity index (χ0v) is 20.9. The van der Waals surface area contributed by atoms with Crippen LogP contribution >= 0.6 is 11.6 Å². The number of halogens is 1. The highest BCUT2D eigenvalue weighted by molar-refractivity contribution is 6.33. The van der Waals surface area contributed by atoms with E-state index in [1.807, 2.05) is 44.2 Å². The third-order valence-electron chi connectivity index (χ3n) is 5.47. The molecule has 0 aliphatic carbocycles. The molecule has 4 rings (SSSR count). The van der Waals surface area contributed by atoms with E-state index in [0.29, 0.717) is 38.8 Å². The van der Waals surface area contributed by atoms with E-state index >= 15 is 0 Å². The second-order valence-corrected chi connectivity index (χ2v) is 9.35. The molecular formula is C26H26ClN5O3. The number of amides is 2. The van der Waals surface area contributed by atoms with Crippen molar-refractivity contribution in [2.75, 3.05) is 14.1 Å². The third-order valence-corrected chi connectivity index (χ3v) is 5.76. The van der Waals surface area contributed by atoms with Gasteiger partial charge in [-0.3, -0.25) is 9.59 Å². The molecule has 35 heavy (non-hydrogen) atoms. The van der Waals surface area contributed by atoms with Gasteiger partial charge in [0.1, 0.15) is 5.75 Å². The van der Waals surface area contributed by atoms with Crippen LogP contribution in [0.15, 0.2) is 54.6 Å². The smallest absolute Gasteiger partial charge is 0.301 e. The number of pyridine rings is 1. The van der Waals surface area contributed by atoms with Crippen LogP contribution in [0.25, 0.3) is 22.4 Å². The first kappa shape index (κ1) is 24.2. The second kappa shape index (κ2) is 9.38. The Balaban J connectivity index is 1.59. The molecule has 0 bridgehead atoms. The number of rotatable bonds is 6. The maximum absolute atomic E-state index is 12.3. The van der Waals surface area contributed by atoms with Gasteiger partial charge >= 0.3 is 6.01 Å². The number of ether oxygens (including phenoxy) is 1. The van der Waals surface area contributed by atoms with Crippen molar-refractivity contribution in [3.8, 4) is 23.0 Å². The Morgan fingerprint density at radius 1 is 1.06 bits per heavy atom. The summed E-state index contributed by atoms with van der Waals surface area (Å²) in [4.78, 5) is 37.5. The van der Waals surface area contributed by atoms with Gasteiger partial charge in [-0.1, -0.05) is 35.9 Å². The first-order chi connectivity index (χ1) is 16.5. The molecule has 2 aromatic heterocycles. The minimum Gasteiger partial charge on any atom is -0.426 e. The molecule has 0 saturated carbocycles. The SMILES string of the molecule is CC(=O)NC(C)(C)c1ccc(Oc2nc3nc(-c4cccc(C(=O)N(C)C)c4)c(Cl)cc3[nH]2)cc1. The Morgan fingerprint density at radius 3 is 2.43 bits per heavy atom. The summed E-state index contributed by atoms with van der Waals surface area (Å²) in [5, 5.41) is 3.34. The van der Waals surface area contributed by atoms with Crippen molar-refractivity contribution < 1.29 is 14.3 Å². The average Bonchev–Trinajstić information content (AvgIpc) is 3.18. The van der Waals surface area contributed by atoms with Crippen LogP contribution < -0.4 is 10.1 Å². The maximum atomic E-state index is 12.3. The minimum absolute atomic E-state index is 0.0980. The Hall–Kier alpha value is -3.91.